The number of morpholine rings is 1. The fourth-order valence-electron chi connectivity index (χ4n) is 2.15. The zero-order valence-corrected chi connectivity index (χ0v) is 11.8. The van der Waals surface area contributed by atoms with Crippen LogP contribution >= 0.6 is 0 Å². The number of benzene rings is 1. The average molecular weight is 318 g/mol. The summed E-state index contributed by atoms with van der Waals surface area (Å²) < 4.78 is 44.5. The zero-order chi connectivity index (χ0) is 16.1. The van der Waals surface area contributed by atoms with Crippen molar-refractivity contribution in [2.75, 3.05) is 39.4 Å². The Morgan fingerprint density at radius 2 is 1.95 bits per heavy atom. The van der Waals surface area contributed by atoms with Gasteiger partial charge in [0.05, 0.1) is 24.9 Å². The molecule has 0 radical (unpaired) electrons. The van der Waals surface area contributed by atoms with E-state index in [1.807, 2.05) is 4.90 Å². The van der Waals surface area contributed by atoms with Crippen LogP contribution in [0.4, 0.5) is 13.2 Å². The standard InChI is InChI=1S/C14H17F3N2O3/c15-11-2-1-10(12(16)13(11)17)14(21)18-7-9(20)8-19-3-5-22-6-4-19/h1-2,9,20H,3-8H2,(H,18,21). The first-order chi connectivity index (χ1) is 10.5. The van der Waals surface area contributed by atoms with Crippen LogP contribution in [0.1, 0.15) is 10.4 Å². The summed E-state index contributed by atoms with van der Waals surface area (Å²) in [5.74, 6) is -5.50. The molecule has 22 heavy (non-hydrogen) atoms. The van der Waals surface area contributed by atoms with Crippen molar-refractivity contribution in [1.29, 1.82) is 0 Å². The number of carbonyl (C=O) groups is 1. The summed E-state index contributed by atoms with van der Waals surface area (Å²) in [4.78, 5) is 13.7. The lowest BCUT2D eigenvalue weighted by molar-refractivity contribution is 0.0149. The number of hydrogen-bond acceptors (Lipinski definition) is 4. The van der Waals surface area contributed by atoms with Crippen LogP contribution < -0.4 is 5.32 Å². The first-order valence-electron chi connectivity index (χ1n) is 6.89. The number of nitrogens with one attached hydrogen (secondary N) is 1. The molecule has 1 fully saturated rings. The number of carbonyl (C=O) groups excluding carboxylic acids is 1. The van der Waals surface area contributed by atoms with Crippen LogP contribution in [-0.2, 0) is 4.74 Å². The maximum atomic E-state index is 13.4. The number of hydrogen-bond donors (Lipinski definition) is 2. The third-order valence-electron chi connectivity index (χ3n) is 3.35. The number of β-amino-alcohol motifs (C(OH)–C–C–N with tert-alkyl or cyclic N) is 1. The Hall–Kier alpha value is -1.64. The average Bonchev–Trinajstić information content (AvgIpc) is 2.51. The highest BCUT2D eigenvalue weighted by Crippen LogP contribution is 2.15. The number of aliphatic hydroxyl groups excluding tert-OH is 1. The van der Waals surface area contributed by atoms with E-state index in [0.29, 0.717) is 38.9 Å². The van der Waals surface area contributed by atoms with Crippen LogP contribution in [0.15, 0.2) is 12.1 Å². The Morgan fingerprint density at radius 3 is 2.64 bits per heavy atom. The van der Waals surface area contributed by atoms with Gasteiger partial charge in [0.1, 0.15) is 0 Å². The van der Waals surface area contributed by atoms with Crippen molar-refractivity contribution in [2.24, 2.45) is 0 Å². The summed E-state index contributed by atoms with van der Waals surface area (Å²) in [5.41, 5.74) is -0.600. The summed E-state index contributed by atoms with van der Waals surface area (Å²) in [6.07, 6.45) is -0.851. The number of halogens is 3. The zero-order valence-electron chi connectivity index (χ0n) is 11.8. The third-order valence-corrected chi connectivity index (χ3v) is 3.35. The summed E-state index contributed by atoms with van der Waals surface area (Å²) in [6.45, 7) is 2.75. The second kappa shape index (κ2) is 7.57. The lowest BCUT2D eigenvalue weighted by Gasteiger charge is -2.28. The van der Waals surface area contributed by atoms with E-state index in [2.05, 4.69) is 5.32 Å². The van der Waals surface area contributed by atoms with Gasteiger partial charge in [-0.3, -0.25) is 9.69 Å². The molecule has 1 aliphatic heterocycles. The van der Waals surface area contributed by atoms with Gasteiger partial charge in [-0.1, -0.05) is 0 Å². The monoisotopic (exact) mass is 318 g/mol. The smallest absolute Gasteiger partial charge is 0.254 e. The highest BCUT2D eigenvalue weighted by atomic mass is 19.2. The minimum absolute atomic E-state index is 0.116. The molecule has 1 aromatic rings. The van der Waals surface area contributed by atoms with E-state index in [-0.39, 0.29) is 6.54 Å². The molecule has 8 heteroatoms. The van der Waals surface area contributed by atoms with Gasteiger partial charge in [0.15, 0.2) is 17.5 Å². The molecular formula is C14H17F3N2O3. The number of amides is 1. The third kappa shape index (κ3) is 4.19. The molecule has 1 aromatic carbocycles. The molecule has 1 amide bonds. The fraction of sp³-hybridized carbons (Fsp3) is 0.500. The van der Waals surface area contributed by atoms with Crippen molar-refractivity contribution in [3.8, 4) is 0 Å². The number of aliphatic hydroxyl groups is 1. The van der Waals surface area contributed by atoms with Crippen molar-refractivity contribution >= 4 is 5.91 Å². The number of ether oxygens (including phenoxy) is 1. The molecular weight excluding hydrogens is 301 g/mol. The molecule has 1 unspecified atom stereocenters. The topological polar surface area (TPSA) is 61.8 Å². The van der Waals surface area contributed by atoms with E-state index in [0.717, 1.165) is 6.07 Å². The van der Waals surface area contributed by atoms with Crippen LogP contribution in [0.2, 0.25) is 0 Å². The van der Waals surface area contributed by atoms with Crippen LogP contribution in [0.5, 0.6) is 0 Å². The van der Waals surface area contributed by atoms with E-state index in [1.54, 1.807) is 0 Å². The van der Waals surface area contributed by atoms with E-state index >= 15 is 0 Å². The van der Waals surface area contributed by atoms with E-state index in [9.17, 15) is 23.1 Å². The molecule has 1 aliphatic rings. The number of nitrogens with zero attached hydrogens (tertiary/aromatic N) is 1. The Balaban J connectivity index is 1.85. The largest absolute Gasteiger partial charge is 0.390 e. The van der Waals surface area contributed by atoms with Gasteiger partial charge in [0.2, 0.25) is 0 Å². The minimum atomic E-state index is -1.69. The SMILES string of the molecule is O=C(NCC(O)CN1CCOCC1)c1ccc(F)c(F)c1F. The van der Waals surface area contributed by atoms with Crippen LogP contribution in [0.3, 0.4) is 0 Å². The Morgan fingerprint density at radius 1 is 1.27 bits per heavy atom. The molecule has 0 aromatic heterocycles. The van der Waals surface area contributed by atoms with Crippen LogP contribution in [-0.4, -0.2) is 61.4 Å². The molecule has 122 valence electrons. The highest BCUT2D eigenvalue weighted by Gasteiger charge is 2.20. The predicted molar refractivity (Wildman–Crippen MR) is 71.9 cm³/mol. The van der Waals surface area contributed by atoms with Crippen LogP contribution in [0.25, 0.3) is 0 Å². The van der Waals surface area contributed by atoms with Gasteiger partial charge in [0.25, 0.3) is 5.91 Å². The molecule has 1 atom stereocenters. The van der Waals surface area contributed by atoms with Gasteiger partial charge in [-0.15, -0.1) is 0 Å². The van der Waals surface area contributed by atoms with Crippen molar-refractivity contribution in [1.82, 2.24) is 10.2 Å². The highest BCUT2D eigenvalue weighted by molar-refractivity contribution is 5.94. The molecule has 1 heterocycles. The molecule has 0 bridgehead atoms. The lowest BCUT2D eigenvalue weighted by Crippen LogP contribution is -2.44. The number of rotatable bonds is 5. The summed E-state index contributed by atoms with van der Waals surface area (Å²) in [7, 11) is 0. The Kier molecular flexibility index (Phi) is 5.76. The normalized spacial score (nSPS) is 17.3. The molecule has 1 saturated heterocycles. The quantitative estimate of drug-likeness (QED) is 0.778. The second-order valence-corrected chi connectivity index (χ2v) is 5.00. The van der Waals surface area contributed by atoms with Gasteiger partial charge >= 0.3 is 0 Å². The summed E-state index contributed by atoms with van der Waals surface area (Å²) in [6, 6.07) is 1.54. The van der Waals surface area contributed by atoms with Gasteiger partial charge in [-0.05, 0) is 12.1 Å². The van der Waals surface area contributed by atoms with E-state index in [1.165, 1.54) is 0 Å². The Bertz CT molecular complexity index is 536. The predicted octanol–water partition coefficient (Wildman–Crippen LogP) is 0.527. The molecule has 0 aliphatic carbocycles. The summed E-state index contributed by atoms with van der Waals surface area (Å²) in [5, 5.41) is 12.1. The van der Waals surface area contributed by atoms with E-state index < -0.39 is 35.0 Å². The van der Waals surface area contributed by atoms with Gasteiger partial charge < -0.3 is 15.2 Å². The summed E-state index contributed by atoms with van der Waals surface area (Å²) >= 11 is 0. The fourth-order valence-corrected chi connectivity index (χ4v) is 2.15. The van der Waals surface area contributed by atoms with Gasteiger partial charge in [0, 0.05) is 26.2 Å². The van der Waals surface area contributed by atoms with Gasteiger partial charge in [-0.25, -0.2) is 13.2 Å². The molecule has 5 nitrogen and oxygen atoms in total. The maximum Gasteiger partial charge on any atom is 0.254 e. The van der Waals surface area contributed by atoms with Crippen LogP contribution in [0, 0.1) is 17.5 Å². The second-order valence-electron chi connectivity index (χ2n) is 5.00. The van der Waals surface area contributed by atoms with Crippen molar-refractivity contribution < 1.29 is 27.8 Å². The maximum absolute atomic E-state index is 13.4. The minimum Gasteiger partial charge on any atom is -0.390 e. The van der Waals surface area contributed by atoms with Crippen molar-refractivity contribution in [3.63, 3.8) is 0 Å². The first kappa shape index (κ1) is 16.7. The molecule has 0 saturated carbocycles. The lowest BCUT2D eigenvalue weighted by atomic mass is 10.2. The first-order valence-corrected chi connectivity index (χ1v) is 6.89. The van der Waals surface area contributed by atoms with Gasteiger partial charge in [-0.2, -0.15) is 0 Å². The molecule has 0 spiro atoms. The van der Waals surface area contributed by atoms with Crippen molar-refractivity contribution in [3.05, 3.63) is 35.1 Å². The van der Waals surface area contributed by atoms with Crippen molar-refractivity contribution in [2.45, 2.75) is 6.10 Å². The van der Waals surface area contributed by atoms with E-state index in [4.69, 9.17) is 4.74 Å². The molecule has 2 N–H and O–H groups in total. The molecule has 2 rings (SSSR count). The Labute approximate surface area is 125 Å².